The molecule has 0 unspecified atom stereocenters. The monoisotopic (exact) mass is 256 g/mol. The summed E-state index contributed by atoms with van der Waals surface area (Å²) in [5.74, 6) is 2.57. The van der Waals surface area contributed by atoms with Crippen molar-refractivity contribution < 1.29 is 9.47 Å². The van der Waals surface area contributed by atoms with Gasteiger partial charge in [-0.1, -0.05) is 38.0 Å². The number of benzene rings is 2. The van der Waals surface area contributed by atoms with E-state index in [9.17, 15) is 0 Å². The van der Waals surface area contributed by atoms with E-state index in [1.165, 1.54) is 12.8 Å². The lowest BCUT2D eigenvalue weighted by atomic mass is 10.3. The summed E-state index contributed by atoms with van der Waals surface area (Å²) < 4.78 is 11.4. The zero-order chi connectivity index (χ0) is 13.3. The van der Waals surface area contributed by atoms with Crippen molar-refractivity contribution in [3.63, 3.8) is 0 Å². The Kier molecular flexibility index (Phi) is 5.30. The van der Waals surface area contributed by atoms with Gasteiger partial charge in [-0.3, -0.25) is 0 Å². The van der Waals surface area contributed by atoms with Crippen LogP contribution in [0.3, 0.4) is 0 Å². The van der Waals surface area contributed by atoms with E-state index in [0.29, 0.717) is 0 Å². The molecule has 0 radical (unpaired) electrons. The zero-order valence-corrected chi connectivity index (χ0v) is 11.3. The Bertz CT molecular complexity index is 462. The summed E-state index contributed by atoms with van der Waals surface area (Å²) in [4.78, 5) is 0. The van der Waals surface area contributed by atoms with Crippen molar-refractivity contribution in [2.75, 3.05) is 6.61 Å². The van der Waals surface area contributed by atoms with Crippen molar-refractivity contribution in [1.82, 2.24) is 0 Å². The van der Waals surface area contributed by atoms with E-state index in [2.05, 4.69) is 6.92 Å². The highest BCUT2D eigenvalue weighted by molar-refractivity contribution is 5.35. The predicted molar refractivity (Wildman–Crippen MR) is 78.0 cm³/mol. The molecular formula is C17H20O2. The fraction of sp³-hybridized carbons (Fsp3) is 0.294. The van der Waals surface area contributed by atoms with Gasteiger partial charge in [0.25, 0.3) is 0 Å². The highest BCUT2D eigenvalue weighted by Gasteiger charge is 1.98. The molecule has 2 rings (SSSR count). The third-order valence-electron chi connectivity index (χ3n) is 2.82. The number of rotatable bonds is 7. The van der Waals surface area contributed by atoms with Crippen LogP contribution in [0.4, 0.5) is 0 Å². The lowest BCUT2D eigenvalue weighted by Gasteiger charge is -2.08. The number of hydrogen-bond acceptors (Lipinski definition) is 2. The van der Waals surface area contributed by atoms with E-state index in [1.54, 1.807) is 0 Å². The van der Waals surface area contributed by atoms with Gasteiger partial charge in [0.15, 0.2) is 0 Å². The van der Waals surface area contributed by atoms with Crippen LogP contribution in [-0.4, -0.2) is 6.61 Å². The van der Waals surface area contributed by atoms with E-state index in [4.69, 9.17) is 9.47 Å². The highest BCUT2D eigenvalue weighted by Crippen LogP contribution is 2.23. The van der Waals surface area contributed by atoms with Gasteiger partial charge in [0, 0.05) is 0 Å². The molecule has 0 heterocycles. The molecule has 0 aliphatic rings. The van der Waals surface area contributed by atoms with Gasteiger partial charge in [0.2, 0.25) is 0 Å². The Morgan fingerprint density at radius 2 is 1.37 bits per heavy atom. The molecule has 0 aliphatic carbocycles. The number of hydrogen-bond donors (Lipinski definition) is 0. The van der Waals surface area contributed by atoms with Crippen LogP contribution < -0.4 is 9.47 Å². The van der Waals surface area contributed by atoms with E-state index >= 15 is 0 Å². The molecule has 2 heteroatoms. The Labute approximate surface area is 115 Å². The molecule has 0 amide bonds. The molecule has 0 N–H and O–H groups in total. The maximum atomic E-state index is 5.72. The topological polar surface area (TPSA) is 18.5 Å². The number of ether oxygens (including phenoxy) is 2. The van der Waals surface area contributed by atoms with E-state index in [1.807, 2.05) is 54.6 Å². The minimum absolute atomic E-state index is 0.784. The van der Waals surface area contributed by atoms with Gasteiger partial charge in [0.1, 0.15) is 17.2 Å². The van der Waals surface area contributed by atoms with E-state index < -0.39 is 0 Å². The zero-order valence-electron chi connectivity index (χ0n) is 11.3. The first kappa shape index (κ1) is 13.5. The molecule has 100 valence electrons. The Hall–Kier alpha value is -1.96. The van der Waals surface area contributed by atoms with Crippen molar-refractivity contribution in [3.05, 3.63) is 54.6 Å². The van der Waals surface area contributed by atoms with Crippen molar-refractivity contribution in [2.45, 2.75) is 26.2 Å². The second-order valence-corrected chi connectivity index (χ2v) is 4.44. The van der Waals surface area contributed by atoms with Gasteiger partial charge in [-0.05, 0) is 42.8 Å². The van der Waals surface area contributed by atoms with Crippen LogP contribution >= 0.6 is 0 Å². The maximum absolute atomic E-state index is 5.72. The Morgan fingerprint density at radius 1 is 0.737 bits per heavy atom. The van der Waals surface area contributed by atoms with Crippen LogP contribution in [-0.2, 0) is 0 Å². The molecule has 0 saturated carbocycles. The molecule has 2 nitrogen and oxygen atoms in total. The van der Waals surface area contributed by atoms with Gasteiger partial charge in [-0.25, -0.2) is 0 Å². The summed E-state index contributed by atoms with van der Waals surface area (Å²) in [5.41, 5.74) is 0. The molecule has 0 saturated heterocycles. The van der Waals surface area contributed by atoms with Crippen LogP contribution in [0.2, 0.25) is 0 Å². The number of para-hydroxylation sites is 1. The summed E-state index contributed by atoms with van der Waals surface area (Å²) in [6.45, 7) is 2.97. The van der Waals surface area contributed by atoms with Gasteiger partial charge < -0.3 is 9.47 Å². The van der Waals surface area contributed by atoms with E-state index in [0.717, 1.165) is 30.3 Å². The lowest BCUT2D eigenvalue weighted by Crippen LogP contribution is -1.96. The standard InChI is InChI=1S/C17H20O2/c1-2-3-7-14-18-15-10-12-17(13-11-15)19-16-8-5-4-6-9-16/h4-6,8-13H,2-3,7,14H2,1H3. The average Bonchev–Trinajstić information content (AvgIpc) is 2.46. The summed E-state index contributed by atoms with van der Waals surface area (Å²) >= 11 is 0. The summed E-state index contributed by atoms with van der Waals surface area (Å²) in [6.07, 6.45) is 3.54. The van der Waals surface area contributed by atoms with Gasteiger partial charge in [-0.15, -0.1) is 0 Å². The molecule has 2 aromatic rings. The molecule has 0 spiro atoms. The second-order valence-electron chi connectivity index (χ2n) is 4.44. The minimum Gasteiger partial charge on any atom is -0.494 e. The third kappa shape index (κ3) is 4.66. The first-order chi connectivity index (χ1) is 9.38. The van der Waals surface area contributed by atoms with Crippen LogP contribution in [0.1, 0.15) is 26.2 Å². The van der Waals surface area contributed by atoms with Crippen molar-refractivity contribution >= 4 is 0 Å². The number of unbranched alkanes of at least 4 members (excludes halogenated alkanes) is 2. The van der Waals surface area contributed by atoms with Crippen LogP contribution in [0.25, 0.3) is 0 Å². The van der Waals surface area contributed by atoms with Crippen LogP contribution in [0, 0.1) is 0 Å². The molecule has 0 aromatic heterocycles. The SMILES string of the molecule is CCCCCOc1ccc(Oc2ccccc2)cc1. The quantitative estimate of drug-likeness (QED) is 0.645. The maximum Gasteiger partial charge on any atom is 0.127 e. The Morgan fingerprint density at radius 3 is 2.05 bits per heavy atom. The van der Waals surface area contributed by atoms with Gasteiger partial charge in [-0.2, -0.15) is 0 Å². The molecule has 2 aromatic carbocycles. The minimum atomic E-state index is 0.784. The molecular weight excluding hydrogens is 236 g/mol. The van der Waals surface area contributed by atoms with Crippen molar-refractivity contribution in [3.8, 4) is 17.2 Å². The predicted octanol–water partition coefficient (Wildman–Crippen LogP) is 5.05. The molecule has 0 atom stereocenters. The smallest absolute Gasteiger partial charge is 0.127 e. The normalized spacial score (nSPS) is 10.2. The average molecular weight is 256 g/mol. The summed E-state index contributed by atoms with van der Waals surface area (Å²) in [7, 11) is 0. The van der Waals surface area contributed by atoms with E-state index in [-0.39, 0.29) is 0 Å². The Balaban J connectivity index is 1.84. The lowest BCUT2D eigenvalue weighted by molar-refractivity contribution is 0.306. The third-order valence-corrected chi connectivity index (χ3v) is 2.82. The first-order valence-corrected chi connectivity index (χ1v) is 6.84. The van der Waals surface area contributed by atoms with Crippen molar-refractivity contribution in [2.24, 2.45) is 0 Å². The largest absolute Gasteiger partial charge is 0.494 e. The highest BCUT2D eigenvalue weighted by atomic mass is 16.5. The molecule has 0 aliphatic heterocycles. The van der Waals surface area contributed by atoms with Crippen LogP contribution in [0.15, 0.2) is 54.6 Å². The fourth-order valence-electron chi connectivity index (χ4n) is 1.77. The summed E-state index contributed by atoms with van der Waals surface area (Å²) in [5, 5.41) is 0. The van der Waals surface area contributed by atoms with Crippen LogP contribution in [0.5, 0.6) is 17.2 Å². The van der Waals surface area contributed by atoms with Gasteiger partial charge in [0.05, 0.1) is 6.61 Å². The summed E-state index contributed by atoms with van der Waals surface area (Å²) in [6, 6.07) is 17.5. The molecule has 0 bridgehead atoms. The first-order valence-electron chi connectivity index (χ1n) is 6.84. The molecule has 19 heavy (non-hydrogen) atoms. The van der Waals surface area contributed by atoms with Gasteiger partial charge >= 0.3 is 0 Å². The van der Waals surface area contributed by atoms with Crippen molar-refractivity contribution in [1.29, 1.82) is 0 Å². The fourth-order valence-corrected chi connectivity index (χ4v) is 1.77. The molecule has 0 fully saturated rings. The second kappa shape index (κ2) is 7.47.